The summed E-state index contributed by atoms with van der Waals surface area (Å²) < 4.78 is 0. The van der Waals surface area contributed by atoms with E-state index < -0.39 is 30.3 Å². The number of carboxylic acids is 1. The Kier molecular flexibility index (Phi) is 4.58. The van der Waals surface area contributed by atoms with Crippen LogP contribution in [0.1, 0.15) is 0 Å². The fraction of sp³-hybridized carbons (Fsp3) is 0.833. The molecule has 1 aliphatic heterocycles. The highest BCUT2D eigenvalue weighted by Gasteiger charge is 2.39. The number of hydrogen-bond donors (Lipinski definition) is 5. The molecule has 0 spiro atoms. The molecule has 0 bridgehead atoms. The Bertz CT molecular complexity index is 190. The Hall–Kier alpha value is -0.400. The van der Waals surface area contributed by atoms with Gasteiger partial charge in [0.1, 0.15) is 18.2 Å². The molecule has 6 nitrogen and oxygen atoms in total. The van der Waals surface area contributed by atoms with Crippen LogP contribution in [0.5, 0.6) is 0 Å². The number of aliphatic carboxylic acids is 1. The fourth-order valence-electron chi connectivity index (χ4n) is 1.15. The average Bonchev–Trinajstić information content (AvgIpc) is 2.00. The van der Waals surface area contributed by atoms with Crippen molar-refractivity contribution in [2.45, 2.75) is 24.4 Å². The maximum atomic E-state index is 10.4. The number of halogens is 1. The van der Waals surface area contributed by atoms with E-state index in [9.17, 15) is 4.79 Å². The van der Waals surface area contributed by atoms with Crippen molar-refractivity contribution in [2.24, 2.45) is 0 Å². The summed E-state index contributed by atoms with van der Waals surface area (Å²) in [7, 11) is 0. The van der Waals surface area contributed by atoms with Gasteiger partial charge >= 0.3 is 5.97 Å². The number of hydrogen-bond acceptors (Lipinski definition) is 5. The van der Waals surface area contributed by atoms with Crippen molar-refractivity contribution in [1.82, 2.24) is 5.32 Å². The summed E-state index contributed by atoms with van der Waals surface area (Å²) in [4.78, 5) is 10.4. The lowest BCUT2D eigenvalue weighted by atomic mass is 9.96. The maximum absolute atomic E-state index is 10.4. The molecule has 1 saturated heterocycles. The molecule has 13 heavy (non-hydrogen) atoms. The van der Waals surface area contributed by atoms with Gasteiger partial charge in [0, 0.05) is 6.54 Å². The molecular weight excluding hydrogens is 202 g/mol. The highest BCUT2D eigenvalue weighted by Crippen LogP contribution is 2.10. The second-order valence-corrected chi connectivity index (χ2v) is 2.77. The molecule has 1 heterocycles. The first kappa shape index (κ1) is 12.6. The van der Waals surface area contributed by atoms with Crippen LogP contribution in [0.4, 0.5) is 0 Å². The van der Waals surface area contributed by atoms with E-state index in [0.29, 0.717) is 0 Å². The smallest absolute Gasteiger partial charge is 0.323 e. The zero-order valence-electron chi connectivity index (χ0n) is 6.62. The van der Waals surface area contributed by atoms with Crippen LogP contribution in [0.15, 0.2) is 0 Å². The molecule has 0 aromatic rings. The van der Waals surface area contributed by atoms with Gasteiger partial charge in [-0.25, -0.2) is 0 Å². The highest BCUT2D eigenvalue weighted by molar-refractivity contribution is 5.85. The van der Waals surface area contributed by atoms with Gasteiger partial charge in [-0.05, 0) is 0 Å². The molecule has 1 aliphatic rings. The number of carbonyl (C=O) groups is 1. The Balaban J connectivity index is 0.00000144. The van der Waals surface area contributed by atoms with E-state index in [2.05, 4.69) is 5.32 Å². The minimum atomic E-state index is -1.47. The van der Waals surface area contributed by atoms with Crippen LogP contribution in [-0.4, -0.2) is 57.3 Å². The van der Waals surface area contributed by atoms with Crippen LogP contribution in [0, 0.1) is 0 Å². The number of carboxylic acid groups (broad SMARTS) is 1. The van der Waals surface area contributed by atoms with Crippen LogP contribution in [-0.2, 0) is 4.79 Å². The van der Waals surface area contributed by atoms with Crippen molar-refractivity contribution in [2.75, 3.05) is 6.54 Å². The molecule has 5 N–H and O–H groups in total. The first-order valence-electron chi connectivity index (χ1n) is 3.54. The number of nitrogens with one attached hydrogen (secondary N) is 1. The van der Waals surface area contributed by atoms with Gasteiger partial charge in [-0.3, -0.25) is 10.1 Å². The van der Waals surface area contributed by atoms with Crippen molar-refractivity contribution in [3.8, 4) is 0 Å². The fourth-order valence-corrected chi connectivity index (χ4v) is 1.15. The van der Waals surface area contributed by atoms with Crippen LogP contribution < -0.4 is 5.32 Å². The van der Waals surface area contributed by atoms with Gasteiger partial charge in [-0.1, -0.05) is 0 Å². The van der Waals surface area contributed by atoms with E-state index in [0.717, 1.165) is 0 Å². The normalized spacial score (nSPS) is 39.3. The maximum Gasteiger partial charge on any atom is 0.323 e. The Morgan fingerprint density at radius 1 is 1.23 bits per heavy atom. The number of β-amino-alcohol motifs (C(OH)–C–C–N with tert-alkyl or cyclic N) is 1. The molecule has 0 aromatic heterocycles. The second-order valence-electron chi connectivity index (χ2n) is 2.77. The number of piperidine rings is 1. The highest BCUT2D eigenvalue weighted by atomic mass is 35.5. The third-order valence-corrected chi connectivity index (χ3v) is 1.90. The summed E-state index contributed by atoms with van der Waals surface area (Å²) in [6, 6.07) is -1.21. The summed E-state index contributed by atoms with van der Waals surface area (Å²) in [5.74, 6) is -1.24. The topological polar surface area (TPSA) is 110 Å². The van der Waals surface area contributed by atoms with Crippen molar-refractivity contribution < 1.29 is 25.2 Å². The minimum absolute atomic E-state index is 0. The lowest BCUT2D eigenvalue weighted by Crippen LogP contribution is -2.62. The summed E-state index contributed by atoms with van der Waals surface area (Å²) in [6.45, 7) is -0.0325. The van der Waals surface area contributed by atoms with E-state index >= 15 is 0 Å². The molecule has 0 radical (unpaired) electrons. The first-order valence-corrected chi connectivity index (χ1v) is 3.54. The van der Waals surface area contributed by atoms with Crippen LogP contribution in [0.25, 0.3) is 0 Å². The van der Waals surface area contributed by atoms with Crippen molar-refractivity contribution in [1.29, 1.82) is 0 Å². The summed E-state index contributed by atoms with van der Waals surface area (Å²) in [6.07, 6.45) is -3.98. The Morgan fingerprint density at radius 3 is 2.23 bits per heavy atom. The SMILES string of the molecule is Cl.O=C(O)[C@H]1NC[C@H](O)[C@@H](O)[C@H]1O. The van der Waals surface area contributed by atoms with Gasteiger partial charge in [0.05, 0.1) is 6.10 Å². The molecule has 0 aromatic carbocycles. The predicted molar refractivity (Wildman–Crippen MR) is 44.7 cm³/mol. The molecule has 7 heteroatoms. The molecule has 78 valence electrons. The lowest BCUT2D eigenvalue weighted by molar-refractivity contribution is -0.152. The number of aliphatic hydroxyl groups excluding tert-OH is 3. The molecule has 4 atom stereocenters. The van der Waals surface area contributed by atoms with E-state index in [4.69, 9.17) is 20.4 Å². The Morgan fingerprint density at radius 2 is 1.77 bits per heavy atom. The van der Waals surface area contributed by atoms with E-state index in [1.165, 1.54) is 0 Å². The first-order chi connectivity index (χ1) is 5.54. The Labute approximate surface area is 80.6 Å². The van der Waals surface area contributed by atoms with Crippen LogP contribution >= 0.6 is 12.4 Å². The largest absolute Gasteiger partial charge is 0.480 e. The molecule has 1 fully saturated rings. The summed E-state index contributed by atoms with van der Waals surface area (Å²) >= 11 is 0. The van der Waals surface area contributed by atoms with Gasteiger partial charge in [-0.2, -0.15) is 0 Å². The number of rotatable bonds is 1. The zero-order chi connectivity index (χ0) is 9.30. The summed E-state index contributed by atoms with van der Waals surface area (Å²) in [5.41, 5.74) is 0. The van der Waals surface area contributed by atoms with Crippen LogP contribution in [0.3, 0.4) is 0 Å². The van der Waals surface area contributed by atoms with E-state index in [-0.39, 0.29) is 19.0 Å². The van der Waals surface area contributed by atoms with Gasteiger partial charge in [-0.15, -0.1) is 12.4 Å². The molecule has 1 rings (SSSR count). The van der Waals surface area contributed by atoms with Gasteiger partial charge in [0.2, 0.25) is 0 Å². The zero-order valence-corrected chi connectivity index (χ0v) is 7.44. The van der Waals surface area contributed by atoms with Crippen molar-refractivity contribution in [3.63, 3.8) is 0 Å². The van der Waals surface area contributed by atoms with Crippen LogP contribution in [0.2, 0.25) is 0 Å². The quantitative estimate of drug-likeness (QED) is 0.331. The molecule has 0 amide bonds. The molecular formula is C6H12ClNO5. The van der Waals surface area contributed by atoms with Crippen molar-refractivity contribution >= 4 is 18.4 Å². The third-order valence-electron chi connectivity index (χ3n) is 1.90. The van der Waals surface area contributed by atoms with Gasteiger partial charge in [0.25, 0.3) is 0 Å². The second kappa shape index (κ2) is 4.73. The predicted octanol–water partition coefficient (Wildman–Crippen LogP) is -2.45. The average molecular weight is 214 g/mol. The minimum Gasteiger partial charge on any atom is -0.480 e. The monoisotopic (exact) mass is 213 g/mol. The van der Waals surface area contributed by atoms with E-state index in [1.807, 2.05) is 0 Å². The van der Waals surface area contributed by atoms with Gasteiger partial charge < -0.3 is 20.4 Å². The van der Waals surface area contributed by atoms with E-state index in [1.54, 1.807) is 0 Å². The van der Waals surface area contributed by atoms with Gasteiger partial charge in [0.15, 0.2) is 0 Å². The summed E-state index contributed by atoms with van der Waals surface area (Å²) in [5, 5.41) is 38.1. The third kappa shape index (κ3) is 2.52. The standard InChI is InChI=1S/C6H11NO5.ClH/c8-2-1-7-3(6(11)12)5(10)4(2)9;/h2-5,7-10H,1H2,(H,11,12);1H/t2-,3-,4+,5-;/m0./s1. The molecule has 0 aliphatic carbocycles. The van der Waals surface area contributed by atoms with Crippen molar-refractivity contribution in [3.05, 3.63) is 0 Å². The molecule has 0 saturated carbocycles. The molecule has 0 unspecified atom stereocenters. The number of aliphatic hydroxyl groups is 3. The lowest BCUT2D eigenvalue weighted by Gasteiger charge is -2.33.